The number of carboxylic acids is 1. The first-order chi connectivity index (χ1) is 10.8. The summed E-state index contributed by atoms with van der Waals surface area (Å²) in [6, 6.07) is 9.53. The van der Waals surface area contributed by atoms with Crippen molar-refractivity contribution in [2.75, 3.05) is 4.72 Å². The molecule has 122 valence electrons. The predicted molar refractivity (Wildman–Crippen MR) is 74.7 cm³/mol. The summed E-state index contributed by atoms with van der Waals surface area (Å²) in [7, 11) is -4.10. The van der Waals surface area contributed by atoms with Crippen LogP contribution in [0.25, 0.3) is 0 Å². The zero-order chi connectivity index (χ0) is 17.0. The van der Waals surface area contributed by atoms with E-state index in [4.69, 9.17) is 0 Å². The Morgan fingerprint density at radius 3 is 2.26 bits per heavy atom. The van der Waals surface area contributed by atoms with Crippen LogP contribution in [0.1, 0.15) is 10.4 Å². The van der Waals surface area contributed by atoms with Crippen LogP contribution in [0.5, 0.6) is 5.75 Å². The summed E-state index contributed by atoms with van der Waals surface area (Å²) in [6.45, 7) is -3.11. The number of para-hydroxylation sites is 2. The van der Waals surface area contributed by atoms with Gasteiger partial charge in [-0.3, -0.25) is 4.72 Å². The molecule has 0 aliphatic carbocycles. The molecule has 0 amide bonds. The van der Waals surface area contributed by atoms with Crippen molar-refractivity contribution < 1.29 is 31.8 Å². The number of halogens is 2. The maximum absolute atomic E-state index is 12.3. The lowest BCUT2D eigenvalue weighted by atomic mass is 10.2. The highest BCUT2D eigenvalue weighted by molar-refractivity contribution is 7.92. The molecule has 2 rings (SSSR count). The second-order valence-electron chi connectivity index (χ2n) is 4.29. The van der Waals surface area contributed by atoms with Gasteiger partial charge in [-0.25, -0.2) is 8.42 Å². The van der Waals surface area contributed by atoms with Crippen LogP contribution in [0.3, 0.4) is 0 Å². The van der Waals surface area contributed by atoms with Gasteiger partial charge in [-0.05, 0) is 29.8 Å². The van der Waals surface area contributed by atoms with E-state index in [2.05, 4.69) is 9.46 Å². The number of nitrogens with one attached hydrogen (secondary N) is 1. The van der Waals surface area contributed by atoms with E-state index in [1.165, 1.54) is 24.3 Å². The van der Waals surface area contributed by atoms with Crippen molar-refractivity contribution in [3.05, 3.63) is 54.1 Å². The van der Waals surface area contributed by atoms with Gasteiger partial charge in [-0.2, -0.15) is 8.78 Å². The lowest BCUT2D eigenvalue weighted by Crippen LogP contribution is -2.22. The van der Waals surface area contributed by atoms with Crippen molar-refractivity contribution in [1.29, 1.82) is 0 Å². The van der Waals surface area contributed by atoms with Gasteiger partial charge in [-0.15, -0.1) is 0 Å². The molecule has 1 N–H and O–H groups in total. The topological polar surface area (TPSA) is 95.5 Å². The molecule has 0 unspecified atom stereocenters. The summed E-state index contributed by atoms with van der Waals surface area (Å²) < 4.78 is 55.4. The van der Waals surface area contributed by atoms with E-state index >= 15 is 0 Å². The molecule has 0 aromatic heterocycles. The number of benzene rings is 2. The van der Waals surface area contributed by atoms with Gasteiger partial charge >= 0.3 is 6.61 Å². The minimum atomic E-state index is -4.10. The average Bonchev–Trinajstić information content (AvgIpc) is 2.48. The lowest BCUT2D eigenvalue weighted by molar-refractivity contribution is -0.255. The number of hydrogen-bond donors (Lipinski definition) is 1. The van der Waals surface area contributed by atoms with Gasteiger partial charge in [0.05, 0.1) is 16.6 Å². The van der Waals surface area contributed by atoms with Crippen molar-refractivity contribution >= 4 is 21.7 Å². The Morgan fingerprint density at radius 2 is 1.70 bits per heavy atom. The third kappa shape index (κ3) is 4.16. The molecule has 0 atom stereocenters. The first-order valence-corrected chi connectivity index (χ1v) is 7.66. The second-order valence-corrected chi connectivity index (χ2v) is 5.97. The van der Waals surface area contributed by atoms with Gasteiger partial charge in [0.25, 0.3) is 10.0 Å². The van der Waals surface area contributed by atoms with Crippen LogP contribution < -0.4 is 14.6 Å². The number of ether oxygens (including phenoxy) is 1. The predicted octanol–water partition coefficient (Wildman–Crippen LogP) is 1.45. The molecule has 0 aliphatic heterocycles. The summed E-state index contributed by atoms with van der Waals surface area (Å²) in [6.07, 6.45) is 0. The van der Waals surface area contributed by atoms with Crippen LogP contribution in [0.15, 0.2) is 53.4 Å². The molecule has 6 nitrogen and oxygen atoms in total. The second kappa shape index (κ2) is 6.61. The maximum atomic E-state index is 12.3. The third-order valence-electron chi connectivity index (χ3n) is 2.75. The van der Waals surface area contributed by atoms with E-state index in [0.717, 1.165) is 24.3 Å². The highest BCUT2D eigenvalue weighted by atomic mass is 32.2. The summed E-state index contributed by atoms with van der Waals surface area (Å²) in [5.41, 5.74) is -0.359. The van der Waals surface area contributed by atoms with E-state index in [1.54, 1.807) is 0 Å². The fourth-order valence-corrected chi connectivity index (χ4v) is 2.79. The summed E-state index contributed by atoms with van der Waals surface area (Å²) in [4.78, 5) is 10.4. The average molecular weight is 342 g/mol. The van der Waals surface area contributed by atoms with Crippen molar-refractivity contribution in [2.24, 2.45) is 0 Å². The van der Waals surface area contributed by atoms with Gasteiger partial charge in [0, 0.05) is 0 Å². The highest BCUT2D eigenvalue weighted by Gasteiger charge is 2.17. The Hall–Kier alpha value is -2.68. The molecular weight excluding hydrogens is 332 g/mol. The number of hydrogen-bond acceptors (Lipinski definition) is 5. The van der Waals surface area contributed by atoms with Gasteiger partial charge in [0.2, 0.25) is 0 Å². The number of carbonyl (C=O) groups excluding carboxylic acids is 1. The van der Waals surface area contributed by atoms with Crippen LogP contribution in [-0.2, 0) is 10.0 Å². The Morgan fingerprint density at radius 1 is 1.09 bits per heavy atom. The maximum Gasteiger partial charge on any atom is 0.387 e. The molecule has 0 aliphatic rings. The number of alkyl halides is 2. The van der Waals surface area contributed by atoms with Crippen molar-refractivity contribution in [3.63, 3.8) is 0 Å². The Kier molecular flexibility index (Phi) is 4.80. The third-order valence-corrected chi connectivity index (χ3v) is 4.13. The van der Waals surface area contributed by atoms with E-state index in [0.29, 0.717) is 0 Å². The first-order valence-electron chi connectivity index (χ1n) is 6.17. The molecular formula is C14H10F2NO5S-. The largest absolute Gasteiger partial charge is 0.545 e. The van der Waals surface area contributed by atoms with E-state index in [-0.39, 0.29) is 21.9 Å². The Bertz CT molecular complexity index is 806. The number of anilines is 1. The summed E-state index contributed by atoms with van der Waals surface area (Å²) in [5, 5.41) is 10.6. The molecule has 23 heavy (non-hydrogen) atoms. The van der Waals surface area contributed by atoms with Crippen LogP contribution in [0.2, 0.25) is 0 Å². The zero-order valence-electron chi connectivity index (χ0n) is 11.4. The van der Waals surface area contributed by atoms with E-state index in [9.17, 15) is 27.1 Å². The summed E-state index contributed by atoms with van der Waals surface area (Å²) in [5.74, 6) is -1.78. The number of rotatable bonds is 6. The normalized spacial score (nSPS) is 11.3. The fourth-order valence-electron chi connectivity index (χ4n) is 1.72. The first kappa shape index (κ1) is 16.7. The van der Waals surface area contributed by atoms with Crippen molar-refractivity contribution in [3.8, 4) is 5.75 Å². The molecule has 0 bridgehead atoms. The van der Waals surface area contributed by atoms with Crippen molar-refractivity contribution in [2.45, 2.75) is 11.5 Å². The van der Waals surface area contributed by atoms with Crippen LogP contribution in [0.4, 0.5) is 14.5 Å². The van der Waals surface area contributed by atoms with Gasteiger partial charge < -0.3 is 14.6 Å². The lowest BCUT2D eigenvalue weighted by Gasteiger charge is -2.13. The van der Waals surface area contributed by atoms with Gasteiger partial charge in [-0.1, -0.05) is 24.3 Å². The molecule has 9 heteroatoms. The standard InChI is InChI=1S/C14H11F2NO5S/c15-14(16)22-12-4-2-1-3-11(12)17-23(20,21)10-7-5-9(6-8-10)13(18)19/h1-8,14,17H,(H,18,19)/p-1. The number of aromatic carboxylic acids is 1. The molecule has 2 aromatic carbocycles. The SMILES string of the molecule is O=C([O-])c1ccc(S(=O)(=O)Nc2ccccc2OC(F)F)cc1. The Labute approximate surface area is 130 Å². The zero-order valence-corrected chi connectivity index (χ0v) is 12.2. The molecule has 0 saturated carbocycles. The number of carbonyl (C=O) groups is 1. The minimum absolute atomic E-state index is 0.170. The summed E-state index contributed by atoms with van der Waals surface area (Å²) >= 11 is 0. The molecule has 2 aromatic rings. The molecule has 0 spiro atoms. The molecule has 0 heterocycles. The molecule has 0 radical (unpaired) electrons. The highest BCUT2D eigenvalue weighted by Crippen LogP contribution is 2.28. The van der Waals surface area contributed by atoms with Crippen LogP contribution in [0, 0.1) is 0 Å². The van der Waals surface area contributed by atoms with Crippen molar-refractivity contribution in [1.82, 2.24) is 0 Å². The molecule has 0 saturated heterocycles. The monoisotopic (exact) mass is 342 g/mol. The van der Waals surface area contributed by atoms with Crippen LogP contribution in [-0.4, -0.2) is 21.0 Å². The van der Waals surface area contributed by atoms with E-state index < -0.39 is 22.6 Å². The Balaban J connectivity index is 2.30. The number of carboxylic acid groups (broad SMARTS) is 1. The number of sulfonamides is 1. The fraction of sp³-hybridized carbons (Fsp3) is 0.0714. The minimum Gasteiger partial charge on any atom is -0.545 e. The van der Waals surface area contributed by atoms with Gasteiger partial charge in [0.15, 0.2) is 0 Å². The van der Waals surface area contributed by atoms with E-state index in [1.807, 2.05) is 0 Å². The smallest absolute Gasteiger partial charge is 0.387 e. The van der Waals surface area contributed by atoms with Gasteiger partial charge in [0.1, 0.15) is 5.75 Å². The quantitative estimate of drug-likeness (QED) is 0.857. The van der Waals surface area contributed by atoms with Crippen LogP contribution >= 0.6 is 0 Å². The molecule has 0 fully saturated rings.